The number of amides is 1. The lowest BCUT2D eigenvalue weighted by molar-refractivity contribution is -0.115. The summed E-state index contributed by atoms with van der Waals surface area (Å²) in [6.45, 7) is 4.21. The van der Waals surface area contributed by atoms with E-state index >= 15 is 0 Å². The molecule has 1 N–H and O–H groups in total. The van der Waals surface area contributed by atoms with Crippen LogP contribution in [0.15, 0.2) is 48.8 Å². The molecule has 0 aliphatic carbocycles. The molecule has 0 unspecified atom stereocenters. The van der Waals surface area contributed by atoms with Crippen molar-refractivity contribution >= 4 is 22.6 Å². The fraction of sp³-hybridized carbons (Fsp3) is 0.211. The van der Waals surface area contributed by atoms with Crippen molar-refractivity contribution in [1.29, 1.82) is 5.26 Å². The number of para-hydroxylation sites is 1. The monoisotopic (exact) mass is 318 g/mol. The maximum atomic E-state index is 12.3. The molecule has 0 atom stereocenters. The van der Waals surface area contributed by atoms with Crippen LogP contribution in [0.4, 0.5) is 5.69 Å². The minimum atomic E-state index is -0.152. The second kappa shape index (κ2) is 6.55. The van der Waals surface area contributed by atoms with Crippen molar-refractivity contribution in [2.45, 2.75) is 26.3 Å². The molecule has 1 heterocycles. The quantitative estimate of drug-likeness (QED) is 0.798. The minimum Gasteiger partial charge on any atom is -0.328 e. The average Bonchev–Trinajstić information content (AvgIpc) is 2.98. The van der Waals surface area contributed by atoms with Gasteiger partial charge in [0.15, 0.2) is 0 Å². The number of hydrogen-bond acceptors (Lipinski definition) is 3. The number of fused-ring (bicyclic) bond motifs is 1. The fourth-order valence-electron chi connectivity index (χ4n) is 2.67. The first-order valence-corrected chi connectivity index (χ1v) is 7.83. The molecule has 1 aromatic heterocycles. The molecule has 1 amide bonds. The van der Waals surface area contributed by atoms with Gasteiger partial charge in [-0.15, -0.1) is 0 Å². The zero-order valence-corrected chi connectivity index (χ0v) is 13.7. The maximum Gasteiger partial charge on any atom is 0.228 e. The van der Waals surface area contributed by atoms with Crippen molar-refractivity contribution in [1.82, 2.24) is 9.55 Å². The molecular formula is C19H18N4O. The van der Waals surface area contributed by atoms with Crippen molar-refractivity contribution < 1.29 is 4.79 Å². The molecule has 0 spiro atoms. The van der Waals surface area contributed by atoms with E-state index in [0.29, 0.717) is 17.3 Å². The normalized spacial score (nSPS) is 10.8. The standard InChI is InChI=1S/C19H18N4O/c1-13(2)23-12-21-17-9-14(7-8-18(17)23)10-19(24)22-16-6-4-3-5-15(16)11-20/h3-9,12-13H,10H2,1-2H3,(H,22,24). The molecule has 2 aromatic carbocycles. The molecule has 3 aromatic rings. The summed E-state index contributed by atoms with van der Waals surface area (Å²) in [4.78, 5) is 16.7. The number of anilines is 1. The number of nitrogens with zero attached hydrogens (tertiary/aromatic N) is 3. The Kier molecular flexibility index (Phi) is 4.30. The number of nitrogens with one attached hydrogen (secondary N) is 1. The van der Waals surface area contributed by atoms with E-state index in [-0.39, 0.29) is 12.3 Å². The Bertz CT molecular complexity index is 934. The summed E-state index contributed by atoms with van der Waals surface area (Å²) in [6, 6.07) is 15.3. The van der Waals surface area contributed by atoms with E-state index in [0.717, 1.165) is 16.6 Å². The van der Waals surface area contributed by atoms with Crippen LogP contribution in [0.2, 0.25) is 0 Å². The summed E-state index contributed by atoms with van der Waals surface area (Å²) in [7, 11) is 0. The highest BCUT2D eigenvalue weighted by atomic mass is 16.1. The number of carbonyl (C=O) groups is 1. The molecule has 0 aliphatic rings. The van der Waals surface area contributed by atoms with Crippen molar-refractivity contribution in [3.05, 3.63) is 59.9 Å². The first-order chi connectivity index (χ1) is 11.6. The number of aromatic nitrogens is 2. The van der Waals surface area contributed by atoms with Crippen molar-refractivity contribution in [3.63, 3.8) is 0 Å². The lowest BCUT2D eigenvalue weighted by Crippen LogP contribution is -2.15. The van der Waals surface area contributed by atoms with Gasteiger partial charge in [0.05, 0.1) is 35.0 Å². The number of rotatable bonds is 4. The van der Waals surface area contributed by atoms with Crippen LogP contribution in [0.1, 0.15) is 31.0 Å². The number of carbonyl (C=O) groups excluding carboxylic acids is 1. The van der Waals surface area contributed by atoms with Gasteiger partial charge in [0.25, 0.3) is 0 Å². The predicted octanol–water partition coefficient (Wildman–Crippen LogP) is 3.67. The van der Waals surface area contributed by atoms with Gasteiger partial charge in [0.1, 0.15) is 6.07 Å². The van der Waals surface area contributed by atoms with Crippen LogP contribution >= 0.6 is 0 Å². The summed E-state index contributed by atoms with van der Waals surface area (Å²) in [5, 5.41) is 11.9. The first-order valence-electron chi connectivity index (χ1n) is 7.83. The summed E-state index contributed by atoms with van der Waals surface area (Å²) in [5.41, 5.74) is 3.82. The Labute approximate surface area is 140 Å². The highest BCUT2D eigenvalue weighted by Crippen LogP contribution is 2.20. The molecule has 0 saturated carbocycles. The van der Waals surface area contributed by atoms with Gasteiger partial charge >= 0.3 is 0 Å². The number of imidazole rings is 1. The van der Waals surface area contributed by atoms with E-state index in [1.807, 2.05) is 24.5 Å². The molecule has 0 fully saturated rings. The number of benzene rings is 2. The summed E-state index contributed by atoms with van der Waals surface area (Å²) in [5.74, 6) is -0.152. The van der Waals surface area contributed by atoms with Crippen molar-refractivity contribution in [3.8, 4) is 6.07 Å². The van der Waals surface area contributed by atoms with Gasteiger partial charge in [-0.2, -0.15) is 5.26 Å². The smallest absolute Gasteiger partial charge is 0.228 e. The van der Waals surface area contributed by atoms with Crippen LogP contribution < -0.4 is 5.32 Å². The summed E-state index contributed by atoms with van der Waals surface area (Å²) < 4.78 is 2.10. The van der Waals surface area contributed by atoms with Gasteiger partial charge in [-0.05, 0) is 43.7 Å². The van der Waals surface area contributed by atoms with Crippen molar-refractivity contribution in [2.75, 3.05) is 5.32 Å². The van der Waals surface area contributed by atoms with E-state index in [1.165, 1.54) is 0 Å². The van der Waals surface area contributed by atoms with E-state index in [2.05, 4.69) is 34.8 Å². The molecule has 5 nitrogen and oxygen atoms in total. The van der Waals surface area contributed by atoms with Crippen LogP contribution in [-0.4, -0.2) is 15.5 Å². The van der Waals surface area contributed by atoms with Gasteiger partial charge < -0.3 is 9.88 Å². The molecular weight excluding hydrogens is 300 g/mol. The third-order valence-corrected chi connectivity index (χ3v) is 3.88. The van der Waals surface area contributed by atoms with Crippen LogP contribution in [0.5, 0.6) is 0 Å². The molecule has 0 radical (unpaired) electrons. The molecule has 5 heteroatoms. The molecule has 0 saturated heterocycles. The topological polar surface area (TPSA) is 70.7 Å². The van der Waals surface area contributed by atoms with Crippen LogP contribution in [0, 0.1) is 11.3 Å². The van der Waals surface area contributed by atoms with Gasteiger partial charge in [-0.25, -0.2) is 4.98 Å². The first kappa shape index (κ1) is 15.8. The Morgan fingerprint density at radius 2 is 2.08 bits per heavy atom. The second-order valence-electron chi connectivity index (χ2n) is 5.95. The maximum absolute atomic E-state index is 12.3. The zero-order chi connectivity index (χ0) is 17.1. The van der Waals surface area contributed by atoms with Crippen LogP contribution in [-0.2, 0) is 11.2 Å². The van der Waals surface area contributed by atoms with E-state index in [4.69, 9.17) is 5.26 Å². The number of hydrogen-bond donors (Lipinski definition) is 1. The highest BCUT2D eigenvalue weighted by molar-refractivity contribution is 5.94. The number of nitriles is 1. The summed E-state index contributed by atoms with van der Waals surface area (Å²) in [6.07, 6.45) is 2.06. The zero-order valence-electron chi connectivity index (χ0n) is 13.7. The SMILES string of the molecule is CC(C)n1cnc2cc(CC(=O)Nc3ccccc3C#N)ccc21. The lowest BCUT2D eigenvalue weighted by Gasteiger charge is -2.09. The summed E-state index contributed by atoms with van der Waals surface area (Å²) >= 11 is 0. The second-order valence-corrected chi connectivity index (χ2v) is 5.95. The Hall–Kier alpha value is -3.13. The molecule has 0 bridgehead atoms. The van der Waals surface area contributed by atoms with E-state index < -0.39 is 0 Å². The molecule has 3 rings (SSSR count). The largest absolute Gasteiger partial charge is 0.328 e. The minimum absolute atomic E-state index is 0.152. The molecule has 0 aliphatic heterocycles. The fourth-order valence-corrected chi connectivity index (χ4v) is 2.67. The van der Waals surface area contributed by atoms with Crippen LogP contribution in [0.3, 0.4) is 0 Å². The van der Waals surface area contributed by atoms with Gasteiger partial charge in [-0.1, -0.05) is 18.2 Å². The molecule has 24 heavy (non-hydrogen) atoms. The average molecular weight is 318 g/mol. The van der Waals surface area contributed by atoms with E-state index in [1.54, 1.807) is 24.3 Å². The van der Waals surface area contributed by atoms with Gasteiger partial charge in [-0.3, -0.25) is 4.79 Å². The van der Waals surface area contributed by atoms with Crippen LogP contribution in [0.25, 0.3) is 11.0 Å². The molecule has 120 valence electrons. The van der Waals surface area contributed by atoms with Crippen molar-refractivity contribution in [2.24, 2.45) is 0 Å². The van der Waals surface area contributed by atoms with Gasteiger partial charge in [0, 0.05) is 6.04 Å². The third kappa shape index (κ3) is 3.13. The van der Waals surface area contributed by atoms with E-state index in [9.17, 15) is 4.79 Å². The highest BCUT2D eigenvalue weighted by Gasteiger charge is 2.10. The van der Waals surface area contributed by atoms with Gasteiger partial charge in [0.2, 0.25) is 5.91 Å². The Balaban J connectivity index is 1.77. The third-order valence-electron chi connectivity index (χ3n) is 3.88. The Morgan fingerprint density at radius 1 is 1.29 bits per heavy atom. The lowest BCUT2D eigenvalue weighted by atomic mass is 10.1. The predicted molar refractivity (Wildman–Crippen MR) is 93.6 cm³/mol. The Morgan fingerprint density at radius 3 is 2.83 bits per heavy atom.